The summed E-state index contributed by atoms with van der Waals surface area (Å²) in [7, 11) is 0. The number of hydrogen-bond donors (Lipinski definition) is 0. The number of para-hydroxylation sites is 1. The quantitative estimate of drug-likeness (QED) is 0.527. The maximum Gasteiger partial charge on any atom is 0.103 e. The van der Waals surface area contributed by atoms with E-state index in [0.717, 1.165) is 24.8 Å². The summed E-state index contributed by atoms with van der Waals surface area (Å²) in [4.78, 5) is 4.83. The first-order valence-electron chi connectivity index (χ1n) is 7.75. The van der Waals surface area contributed by atoms with Crippen LogP contribution in [-0.4, -0.2) is 4.98 Å². The van der Waals surface area contributed by atoms with E-state index in [9.17, 15) is 0 Å². The molecule has 2 aromatic carbocycles. The zero-order valence-electron chi connectivity index (χ0n) is 13.0. The Kier molecular flexibility index (Phi) is 4.39. The number of thiazole rings is 1. The zero-order chi connectivity index (χ0) is 15.4. The van der Waals surface area contributed by atoms with Crippen molar-refractivity contribution in [3.05, 3.63) is 77.8 Å². The van der Waals surface area contributed by atoms with Gasteiger partial charge >= 0.3 is 0 Å². The average molecular weight is 307 g/mol. The van der Waals surface area contributed by atoms with Gasteiger partial charge in [-0.25, -0.2) is 4.98 Å². The van der Waals surface area contributed by atoms with Gasteiger partial charge in [-0.3, -0.25) is 0 Å². The second-order valence-corrected chi connectivity index (χ2v) is 6.98. The Hall–Kier alpha value is -1.93. The van der Waals surface area contributed by atoms with E-state index in [-0.39, 0.29) is 5.41 Å². The Labute approximate surface area is 136 Å². The Morgan fingerprint density at radius 3 is 2.55 bits per heavy atom. The third-order valence-corrected chi connectivity index (χ3v) is 5.55. The lowest BCUT2D eigenvalue weighted by Gasteiger charge is -2.23. The number of aromatic nitrogens is 1. The molecular weight excluding hydrogens is 286 g/mol. The second-order valence-electron chi connectivity index (χ2n) is 5.95. The molecule has 22 heavy (non-hydrogen) atoms. The molecule has 0 aliphatic rings. The monoisotopic (exact) mass is 307 g/mol. The number of nitrogens with zero attached hydrogens (tertiary/aromatic N) is 1. The van der Waals surface area contributed by atoms with Crippen LogP contribution in [0.5, 0.6) is 0 Å². The third kappa shape index (κ3) is 3.12. The van der Waals surface area contributed by atoms with Crippen molar-refractivity contribution < 1.29 is 0 Å². The van der Waals surface area contributed by atoms with Crippen LogP contribution >= 0.6 is 11.3 Å². The predicted octanol–water partition coefficient (Wildman–Crippen LogP) is 5.76. The molecule has 3 aromatic rings. The molecule has 0 spiro atoms. The standard InChI is InChI=1S/C20H21NS/c1-3-20(2,15-9-12-16-10-5-4-6-11-16)19-21-17-13-7-8-14-18(17)22-19/h3-8,10-11,13-14H,1,9,12,15H2,2H3/t20-/m0/s1. The topological polar surface area (TPSA) is 12.9 Å². The van der Waals surface area contributed by atoms with Crippen LogP contribution in [0, 0.1) is 0 Å². The van der Waals surface area contributed by atoms with Crippen LogP contribution in [0.1, 0.15) is 30.3 Å². The smallest absolute Gasteiger partial charge is 0.103 e. The van der Waals surface area contributed by atoms with E-state index < -0.39 is 0 Å². The molecular formula is C20H21NS. The van der Waals surface area contributed by atoms with Crippen LogP contribution in [-0.2, 0) is 11.8 Å². The summed E-state index contributed by atoms with van der Waals surface area (Å²) in [5.74, 6) is 0. The number of allylic oxidation sites excluding steroid dienone is 1. The molecule has 1 atom stereocenters. The van der Waals surface area contributed by atoms with E-state index >= 15 is 0 Å². The molecule has 1 aromatic heterocycles. The molecule has 0 bridgehead atoms. The Morgan fingerprint density at radius 2 is 1.82 bits per heavy atom. The van der Waals surface area contributed by atoms with Gasteiger partial charge in [-0.05, 0) is 43.9 Å². The van der Waals surface area contributed by atoms with Crippen molar-refractivity contribution in [2.75, 3.05) is 0 Å². The van der Waals surface area contributed by atoms with Crippen LogP contribution in [0.4, 0.5) is 0 Å². The van der Waals surface area contributed by atoms with Gasteiger partial charge < -0.3 is 0 Å². The maximum absolute atomic E-state index is 4.83. The minimum atomic E-state index is -0.0432. The van der Waals surface area contributed by atoms with Gasteiger partial charge in [-0.1, -0.05) is 48.5 Å². The number of benzene rings is 2. The van der Waals surface area contributed by atoms with Gasteiger partial charge in [-0.15, -0.1) is 17.9 Å². The van der Waals surface area contributed by atoms with E-state index in [1.54, 1.807) is 11.3 Å². The van der Waals surface area contributed by atoms with Crippen molar-refractivity contribution in [2.24, 2.45) is 0 Å². The van der Waals surface area contributed by atoms with E-state index in [2.05, 4.69) is 68.1 Å². The highest BCUT2D eigenvalue weighted by Crippen LogP contribution is 2.36. The lowest BCUT2D eigenvalue weighted by atomic mass is 9.85. The van der Waals surface area contributed by atoms with Crippen LogP contribution in [0.2, 0.25) is 0 Å². The minimum absolute atomic E-state index is 0.0432. The number of aryl methyl sites for hydroxylation is 1. The fourth-order valence-electron chi connectivity index (χ4n) is 2.72. The van der Waals surface area contributed by atoms with E-state index in [4.69, 9.17) is 4.98 Å². The zero-order valence-corrected chi connectivity index (χ0v) is 13.8. The average Bonchev–Trinajstić information content (AvgIpc) is 3.00. The minimum Gasteiger partial charge on any atom is -0.240 e. The highest BCUT2D eigenvalue weighted by Gasteiger charge is 2.26. The van der Waals surface area contributed by atoms with E-state index in [0.29, 0.717) is 0 Å². The summed E-state index contributed by atoms with van der Waals surface area (Å²) >= 11 is 1.79. The molecule has 3 rings (SSSR count). The van der Waals surface area contributed by atoms with Gasteiger partial charge in [0.25, 0.3) is 0 Å². The highest BCUT2D eigenvalue weighted by molar-refractivity contribution is 7.18. The number of rotatable bonds is 6. The van der Waals surface area contributed by atoms with Crippen molar-refractivity contribution in [3.63, 3.8) is 0 Å². The highest BCUT2D eigenvalue weighted by atomic mass is 32.1. The van der Waals surface area contributed by atoms with Crippen molar-refractivity contribution in [1.82, 2.24) is 4.98 Å². The van der Waals surface area contributed by atoms with E-state index in [1.807, 2.05) is 6.07 Å². The molecule has 0 aliphatic carbocycles. The van der Waals surface area contributed by atoms with Gasteiger partial charge in [0, 0.05) is 5.41 Å². The lowest BCUT2D eigenvalue weighted by Crippen LogP contribution is -2.18. The summed E-state index contributed by atoms with van der Waals surface area (Å²) in [6, 6.07) is 19.0. The molecule has 0 saturated carbocycles. The molecule has 0 radical (unpaired) electrons. The molecule has 2 heteroatoms. The Bertz CT molecular complexity index is 726. The normalized spacial score (nSPS) is 13.9. The van der Waals surface area contributed by atoms with Crippen LogP contribution in [0.15, 0.2) is 67.3 Å². The van der Waals surface area contributed by atoms with Crippen molar-refractivity contribution in [1.29, 1.82) is 0 Å². The Balaban J connectivity index is 1.74. The van der Waals surface area contributed by atoms with Crippen molar-refractivity contribution in [3.8, 4) is 0 Å². The summed E-state index contributed by atoms with van der Waals surface area (Å²) in [5.41, 5.74) is 2.45. The van der Waals surface area contributed by atoms with Gasteiger partial charge in [0.05, 0.1) is 10.2 Å². The van der Waals surface area contributed by atoms with Crippen molar-refractivity contribution in [2.45, 2.75) is 31.6 Å². The Morgan fingerprint density at radius 1 is 1.09 bits per heavy atom. The molecule has 1 heterocycles. The summed E-state index contributed by atoms with van der Waals surface area (Å²) in [5, 5.41) is 1.18. The molecule has 0 N–H and O–H groups in total. The summed E-state index contributed by atoms with van der Waals surface area (Å²) in [6.45, 7) is 6.32. The lowest BCUT2D eigenvalue weighted by molar-refractivity contribution is 0.514. The summed E-state index contributed by atoms with van der Waals surface area (Å²) in [6.07, 6.45) is 5.39. The predicted molar refractivity (Wildman–Crippen MR) is 96.5 cm³/mol. The van der Waals surface area contributed by atoms with Gasteiger partial charge in [0.2, 0.25) is 0 Å². The summed E-state index contributed by atoms with van der Waals surface area (Å²) < 4.78 is 1.26. The van der Waals surface area contributed by atoms with Crippen LogP contribution in [0.3, 0.4) is 0 Å². The molecule has 1 nitrogen and oxygen atoms in total. The van der Waals surface area contributed by atoms with Crippen molar-refractivity contribution >= 4 is 21.6 Å². The second kappa shape index (κ2) is 6.45. The first kappa shape index (κ1) is 15.0. The van der Waals surface area contributed by atoms with E-state index in [1.165, 1.54) is 15.3 Å². The first-order chi connectivity index (χ1) is 10.7. The van der Waals surface area contributed by atoms with Gasteiger partial charge in [0.15, 0.2) is 0 Å². The molecule has 0 aliphatic heterocycles. The number of fused-ring (bicyclic) bond motifs is 1. The fraction of sp³-hybridized carbons (Fsp3) is 0.250. The largest absolute Gasteiger partial charge is 0.240 e. The molecule has 0 fully saturated rings. The van der Waals surface area contributed by atoms with Crippen LogP contribution < -0.4 is 0 Å². The molecule has 112 valence electrons. The maximum atomic E-state index is 4.83. The SMILES string of the molecule is C=C[C@@](C)(CCCc1ccccc1)c1nc2ccccc2s1. The van der Waals surface area contributed by atoms with Crippen LogP contribution in [0.25, 0.3) is 10.2 Å². The van der Waals surface area contributed by atoms with Gasteiger partial charge in [0.1, 0.15) is 5.01 Å². The first-order valence-corrected chi connectivity index (χ1v) is 8.56. The molecule has 0 unspecified atom stereocenters. The number of hydrogen-bond acceptors (Lipinski definition) is 2. The molecule has 0 saturated heterocycles. The van der Waals surface area contributed by atoms with Gasteiger partial charge in [-0.2, -0.15) is 0 Å². The molecule has 0 amide bonds. The third-order valence-electron chi connectivity index (χ3n) is 4.24. The fourth-order valence-corrected chi connectivity index (χ4v) is 3.85.